The lowest BCUT2D eigenvalue weighted by atomic mass is 9.96. The molecule has 8 heteroatoms. The maximum absolute atomic E-state index is 12.1. The fraction of sp³-hybridized carbons (Fsp3) is 0.526. The van der Waals surface area contributed by atoms with Crippen LogP contribution in [-0.2, 0) is 20.9 Å². The summed E-state index contributed by atoms with van der Waals surface area (Å²) in [5.74, 6) is -0.573. The third-order valence-corrected chi connectivity index (χ3v) is 4.02. The predicted octanol–water partition coefficient (Wildman–Crippen LogP) is 2.59. The maximum Gasteiger partial charge on any atom is 0.426 e. The number of benzene rings is 1. The Morgan fingerprint density at radius 1 is 1.07 bits per heavy atom. The van der Waals surface area contributed by atoms with E-state index in [0.717, 1.165) is 5.56 Å². The van der Waals surface area contributed by atoms with E-state index in [0.29, 0.717) is 25.9 Å². The van der Waals surface area contributed by atoms with Gasteiger partial charge in [0.15, 0.2) is 0 Å². The molecule has 1 fully saturated rings. The van der Waals surface area contributed by atoms with Crippen molar-refractivity contribution in [2.75, 3.05) is 13.1 Å². The summed E-state index contributed by atoms with van der Waals surface area (Å²) in [5.41, 5.74) is 4.90. The molecule has 0 bridgehead atoms. The molecule has 1 aliphatic rings. The Balaban J connectivity index is 1.68. The van der Waals surface area contributed by atoms with Gasteiger partial charge in [-0.2, -0.15) is 0 Å². The molecule has 0 radical (unpaired) electrons. The van der Waals surface area contributed by atoms with E-state index in [9.17, 15) is 14.4 Å². The van der Waals surface area contributed by atoms with Crippen molar-refractivity contribution in [1.29, 1.82) is 0 Å². The Labute approximate surface area is 159 Å². The summed E-state index contributed by atoms with van der Waals surface area (Å²) in [6.07, 6.45) is -0.0905. The molecule has 0 aromatic heterocycles. The van der Waals surface area contributed by atoms with Crippen LogP contribution in [0.1, 0.15) is 39.2 Å². The molecule has 8 nitrogen and oxygen atoms in total. The minimum Gasteiger partial charge on any atom is -0.445 e. The highest BCUT2D eigenvalue weighted by Crippen LogP contribution is 2.18. The normalized spacial score (nSPS) is 15.0. The molecule has 3 amide bonds. The summed E-state index contributed by atoms with van der Waals surface area (Å²) in [7, 11) is 0. The van der Waals surface area contributed by atoms with E-state index in [-0.39, 0.29) is 24.5 Å². The van der Waals surface area contributed by atoms with Crippen molar-refractivity contribution < 1.29 is 23.9 Å². The fourth-order valence-corrected chi connectivity index (χ4v) is 2.65. The zero-order chi connectivity index (χ0) is 19.9. The number of hydrogen-bond acceptors (Lipinski definition) is 5. The average Bonchev–Trinajstić information content (AvgIpc) is 2.64. The fourth-order valence-electron chi connectivity index (χ4n) is 2.65. The van der Waals surface area contributed by atoms with E-state index in [2.05, 4.69) is 10.9 Å². The van der Waals surface area contributed by atoms with Crippen LogP contribution in [0.3, 0.4) is 0 Å². The molecule has 0 unspecified atom stereocenters. The van der Waals surface area contributed by atoms with Crippen LogP contribution in [0.5, 0.6) is 0 Å². The molecule has 148 valence electrons. The molecule has 1 aromatic carbocycles. The number of ether oxygens (including phenoxy) is 2. The third-order valence-electron chi connectivity index (χ3n) is 4.02. The number of rotatable bonds is 3. The van der Waals surface area contributed by atoms with Crippen LogP contribution in [0.15, 0.2) is 30.3 Å². The van der Waals surface area contributed by atoms with Gasteiger partial charge in [0.25, 0.3) is 0 Å². The second-order valence-electron chi connectivity index (χ2n) is 7.42. The first-order chi connectivity index (χ1) is 12.7. The Bertz CT molecular complexity index is 649. The van der Waals surface area contributed by atoms with Gasteiger partial charge in [0, 0.05) is 19.0 Å². The smallest absolute Gasteiger partial charge is 0.426 e. The molecular formula is C19H27N3O5. The molecule has 1 aromatic rings. The molecule has 2 N–H and O–H groups in total. The first-order valence-corrected chi connectivity index (χ1v) is 8.99. The third kappa shape index (κ3) is 7.16. The van der Waals surface area contributed by atoms with Crippen molar-refractivity contribution in [2.24, 2.45) is 5.92 Å². The summed E-state index contributed by atoms with van der Waals surface area (Å²) in [4.78, 5) is 37.4. The van der Waals surface area contributed by atoms with Crippen LogP contribution in [0.25, 0.3) is 0 Å². The highest BCUT2D eigenvalue weighted by Gasteiger charge is 2.28. The predicted molar refractivity (Wildman–Crippen MR) is 98.4 cm³/mol. The van der Waals surface area contributed by atoms with Crippen molar-refractivity contribution in [2.45, 2.75) is 45.8 Å². The lowest BCUT2D eigenvalue weighted by Gasteiger charge is -2.30. The molecule has 0 spiro atoms. The Kier molecular flexibility index (Phi) is 7.04. The lowest BCUT2D eigenvalue weighted by molar-refractivity contribution is -0.127. The van der Waals surface area contributed by atoms with E-state index < -0.39 is 11.7 Å². The molecule has 1 aliphatic heterocycles. The summed E-state index contributed by atoms with van der Waals surface area (Å²) in [6.45, 7) is 6.29. The van der Waals surface area contributed by atoms with Gasteiger partial charge in [-0.25, -0.2) is 15.0 Å². The van der Waals surface area contributed by atoms with Crippen LogP contribution in [0.4, 0.5) is 9.59 Å². The summed E-state index contributed by atoms with van der Waals surface area (Å²) >= 11 is 0. The summed E-state index contributed by atoms with van der Waals surface area (Å²) in [5, 5.41) is 0. The molecule has 2 rings (SSSR count). The van der Waals surface area contributed by atoms with Crippen molar-refractivity contribution >= 4 is 18.1 Å². The molecule has 0 saturated carbocycles. The van der Waals surface area contributed by atoms with Crippen LogP contribution in [0, 0.1) is 5.92 Å². The van der Waals surface area contributed by atoms with Gasteiger partial charge in [-0.3, -0.25) is 10.2 Å². The van der Waals surface area contributed by atoms with Crippen molar-refractivity contribution in [1.82, 2.24) is 15.8 Å². The van der Waals surface area contributed by atoms with Gasteiger partial charge in [0.05, 0.1) is 0 Å². The number of amides is 3. The van der Waals surface area contributed by atoms with Crippen LogP contribution < -0.4 is 10.9 Å². The van der Waals surface area contributed by atoms with E-state index in [4.69, 9.17) is 9.47 Å². The van der Waals surface area contributed by atoms with Gasteiger partial charge < -0.3 is 14.4 Å². The second kappa shape index (κ2) is 9.25. The Hall–Kier alpha value is -2.77. The van der Waals surface area contributed by atoms with Gasteiger partial charge in [-0.05, 0) is 39.2 Å². The van der Waals surface area contributed by atoms with E-state index in [1.807, 2.05) is 30.3 Å². The van der Waals surface area contributed by atoms with Crippen LogP contribution in [-0.4, -0.2) is 41.7 Å². The number of nitrogens with zero attached hydrogens (tertiary/aromatic N) is 1. The summed E-state index contributed by atoms with van der Waals surface area (Å²) < 4.78 is 10.4. The number of hydrazine groups is 1. The van der Waals surface area contributed by atoms with E-state index >= 15 is 0 Å². The molecular weight excluding hydrogens is 350 g/mol. The van der Waals surface area contributed by atoms with E-state index in [1.54, 1.807) is 25.7 Å². The zero-order valence-corrected chi connectivity index (χ0v) is 16.0. The first-order valence-electron chi connectivity index (χ1n) is 8.99. The largest absolute Gasteiger partial charge is 0.445 e. The lowest BCUT2D eigenvalue weighted by Crippen LogP contribution is -2.49. The van der Waals surface area contributed by atoms with Gasteiger partial charge >= 0.3 is 12.2 Å². The SMILES string of the molecule is CC(C)(C)OC(=O)NNC(=O)C1CCN(C(=O)OCc2ccccc2)CC1. The van der Waals surface area contributed by atoms with E-state index in [1.165, 1.54) is 0 Å². The van der Waals surface area contributed by atoms with Gasteiger partial charge in [-0.1, -0.05) is 30.3 Å². The summed E-state index contributed by atoms with van der Waals surface area (Å²) in [6, 6.07) is 9.46. The quantitative estimate of drug-likeness (QED) is 0.789. The maximum atomic E-state index is 12.1. The number of piperidine rings is 1. The van der Waals surface area contributed by atoms with Crippen LogP contribution >= 0.6 is 0 Å². The van der Waals surface area contributed by atoms with Crippen LogP contribution in [0.2, 0.25) is 0 Å². The minimum absolute atomic E-state index is 0.222. The van der Waals surface area contributed by atoms with Gasteiger partial charge in [-0.15, -0.1) is 0 Å². The Morgan fingerprint density at radius 3 is 2.30 bits per heavy atom. The van der Waals surface area contributed by atoms with Gasteiger partial charge in [0.2, 0.25) is 5.91 Å². The van der Waals surface area contributed by atoms with Crippen molar-refractivity contribution in [3.05, 3.63) is 35.9 Å². The highest BCUT2D eigenvalue weighted by atomic mass is 16.6. The molecule has 0 atom stereocenters. The average molecular weight is 377 g/mol. The number of likely N-dealkylation sites (tertiary alicyclic amines) is 1. The minimum atomic E-state index is -0.710. The second-order valence-corrected chi connectivity index (χ2v) is 7.42. The van der Waals surface area contributed by atoms with Gasteiger partial charge in [0.1, 0.15) is 12.2 Å². The number of carbonyl (C=O) groups is 3. The molecule has 27 heavy (non-hydrogen) atoms. The number of hydrogen-bond donors (Lipinski definition) is 2. The molecule has 1 heterocycles. The first kappa shape index (κ1) is 20.5. The Morgan fingerprint density at radius 2 is 1.70 bits per heavy atom. The zero-order valence-electron chi connectivity index (χ0n) is 16.0. The number of nitrogens with one attached hydrogen (secondary N) is 2. The van der Waals surface area contributed by atoms with Crippen molar-refractivity contribution in [3.63, 3.8) is 0 Å². The monoisotopic (exact) mass is 377 g/mol. The standard InChI is InChI=1S/C19H27N3O5/c1-19(2,3)27-17(24)21-20-16(23)15-9-11-22(12-10-15)18(25)26-13-14-7-5-4-6-8-14/h4-8,15H,9-13H2,1-3H3,(H,20,23)(H,21,24). The highest BCUT2D eigenvalue weighted by molar-refractivity contribution is 5.81. The topological polar surface area (TPSA) is 97.0 Å². The molecule has 1 saturated heterocycles. The number of carbonyl (C=O) groups excluding carboxylic acids is 3. The molecule has 0 aliphatic carbocycles. The van der Waals surface area contributed by atoms with Crippen molar-refractivity contribution in [3.8, 4) is 0 Å².